The van der Waals surface area contributed by atoms with Crippen LogP contribution in [0.5, 0.6) is 0 Å². The SMILES string of the molecule is Cc1ccc(Cl)cc1NC1=NC2CCCC2CS1. The fourth-order valence-corrected chi connectivity index (χ4v) is 3.99. The van der Waals surface area contributed by atoms with Crippen molar-refractivity contribution in [1.82, 2.24) is 0 Å². The monoisotopic (exact) mass is 280 g/mol. The first kappa shape index (κ1) is 12.4. The number of aliphatic imine (C=N–C) groups is 1. The summed E-state index contributed by atoms with van der Waals surface area (Å²) in [6.07, 6.45) is 3.94. The number of nitrogens with one attached hydrogen (secondary N) is 1. The van der Waals surface area contributed by atoms with Gasteiger partial charge >= 0.3 is 0 Å². The molecule has 0 aromatic heterocycles. The zero-order chi connectivity index (χ0) is 12.5. The molecule has 0 spiro atoms. The van der Waals surface area contributed by atoms with Gasteiger partial charge in [0.15, 0.2) is 5.17 Å². The molecule has 2 unspecified atom stereocenters. The zero-order valence-corrected chi connectivity index (χ0v) is 12.0. The summed E-state index contributed by atoms with van der Waals surface area (Å²) in [5.74, 6) is 2.01. The number of anilines is 1. The van der Waals surface area contributed by atoms with Crippen molar-refractivity contribution >= 4 is 34.2 Å². The molecular formula is C14H17ClN2S. The van der Waals surface area contributed by atoms with Gasteiger partial charge in [0.1, 0.15) is 0 Å². The first-order valence-corrected chi connectivity index (χ1v) is 7.82. The summed E-state index contributed by atoms with van der Waals surface area (Å²) < 4.78 is 0. The fourth-order valence-electron chi connectivity index (χ4n) is 2.67. The Bertz CT molecular complexity index is 487. The highest BCUT2D eigenvalue weighted by Crippen LogP contribution is 2.36. The predicted molar refractivity (Wildman–Crippen MR) is 80.8 cm³/mol. The minimum Gasteiger partial charge on any atom is -0.335 e. The molecule has 0 bridgehead atoms. The van der Waals surface area contributed by atoms with Gasteiger partial charge in [-0.3, -0.25) is 4.99 Å². The van der Waals surface area contributed by atoms with Crippen molar-refractivity contribution in [1.29, 1.82) is 0 Å². The molecule has 2 aliphatic rings. The van der Waals surface area contributed by atoms with Gasteiger partial charge in [0.05, 0.1) is 6.04 Å². The predicted octanol–water partition coefficient (Wildman–Crippen LogP) is 4.33. The van der Waals surface area contributed by atoms with Gasteiger partial charge in [-0.05, 0) is 43.4 Å². The molecule has 3 rings (SSSR count). The first-order valence-electron chi connectivity index (χ1n) is 6.46. The average Bonchev–Trinajstić information content (AvgIpc) is 2.81. The van der Waals surface area contributed by atoms with Crippen LogP contribution >= 0.6 is 23.4 Å². The Labute approximate surface area is 117 Å². The molecule has 0 amide bonds. The summed E-state index contributed by atoms with van der Waals surface area (Å²) in [4.78, 5) is 4.84. The van der Waals surface area contributed by atoms with Crippen LogP contribution < -0.4 is 5.32 Å². The van der Waals surface area contributed by atoms with Crippen molar-refractivity contribution in [2.75, 3.05) is 11.1 Å². The molecule has 18 heavy (non-hydrogen) atoms. The van der Waals surface area contributed by atoms with Crippen molar-refractivity contribution in [3.05, 3.63) is 28.8 Å². The summed E-state index contributed by atoms with van der Waals surface area (Å²) in [6.45, 7) is 2.09. The van der Waals surface area contributed by atoms with Crippen LogP contribution in [0.1, 0.15) is 24.8 Å². The highest BCUT2D eigenvalue weighted by molar-refractivity contribution is 8.14. The smallest absolute Gasteiger partial charge is 0.161 e. The number of halogens is 1. The van der Waals surface area contributed by atoms with E-state index in [9.17, 15) is 0 Å². The summed E-state index contributed by atoms with van der Waals surface area (Å²) in [6, 6.07) is 6.48. The number of aryl methyl sites for hydroxylation is 1. The van der Waals surface area contributed by atoms with E-state index in [0.717, 1.165) is 21.8 Å². The lowest BCUT2D eigenvalue weighted by molar-refractivity contribution is 0.535. The molecule has 4 heteroatoms. The van der Waals surface area contributed by atoms with Crippen molar-refractivity contribution < 1.29 is 0 Å². The van der Waals surface area contributed by atoms with E-state index in [4.69, 9.17) is 16.6 Å². The quantitative estimate of drug-likeness (QED) is 0.828. The van der Waals surface area contributed by atoms with Crippen LogP contribution in [0.25, 0.3) is 0 Å². The Morgan fingerprint density at radius 3 is 3.17 bits per heavy atom. The van der Waals surface area contributed by atoms with Crippen molar-refractivity contribution in [3.63, 3.8) is 0 Å². The molecule has 1 aliphatic heterocycles. The maximum absolute atomic E-state index is 6.04. The van der Waals surface area contributed by atoms with Crippen LogP contribution in [-0.4, -0.2) is 17.0 Å². The van der Waals surface area contributed by atoms with Crippen LogP contribution in [0.15, 0.2) is 23.2 Å². The molecule has 1 aromatic rings. The Balaban J connectivity index is 1.78. The normalized spacial score (nSPS) is 26.7. The second-order valence-electron chi connectivity index (χ2n) is 5.09. The lowest BCUT2D eigenvalue weighted by Crippen LogP contribution is -2.25. The molecule has 1 aromatic carbocycles. The molecule has 1 N–H and O–H groups in total. The van der Waals surface area contributed by atoms with E-state index in [-0.39, 0.29) is 0 Å². The molecule has 2 atom stereocenters. The molecule has 1 fully saturated rings. The summed E-state index contributed by atoms with van der Waals surface area (Å²) in [7, 11) is 0. The third-order valence-electron chi connectivity index (χ3n) is 3.78. The summed E-state index contributed by atoms with van der Waals surface area (Å²) in [5.41, 5.74) is 2.28. The molecule has 2 nitrogen and oxygen atoms in total. The first-order chi connectivity index (χ1) is 8.72. The van der Waals surface area contributed by atoms with E-state index >= 15 is 0 Å². The van der Waals surface area contributed by atoms with Gasteiger partial charge in [-0.25, -0.2) is 0 Å². The van der Waals surface area contributed by atoms with Crippen molar-refractivity contribution in [2.45, 2.75) is 32.2 Å². The minimum atomic E-state index is 0.549. The maximum Gasteiger partial charge on any atom is 0.161 e. The highest BCUT2D eigenvalue weighted by Gasteiger charge is 2.30. The van der Waals surface area contributed by atoms with E-state index in [2.05, 4.69) is 12.2 Å². The molecule has 0 radical (unpaired) electrons. The Kier molecular flexibility index (Phi) is 3.53. The van der Waals surface area contributed by atoms with Gasteiger partial charge in [-0.15, -0.1) is 0 Å². The Morgan fingerprint density at radius 2 is 2.28 bits per heavy atom. The minimum absolute atomic E-state index is 0.549. The number of fused-ring (bicyclic) bond motifs is 1. The summed E-state index contributed by atoms with van der Waals surface area (Å²) >= 11 is 7.88. The van der Waals surface area contributed by atoms with Crippen molar-refractivity contribution in [2.24, 2.45) is 10.9 Å². The highest BCUT2D eigenvalue weighted by atomic mass is 35.5. The van der Waals surface area contributed by atoms with Crippen LogP contribution in [0.4, 0.5) is 5.69 Å². The molecule has 96 valence electrons. The fraction of sp³-hybridized carbons (Fsp3) is 0.500. The van der Waals surface area contributed by atoms with Crippen LogP contribution in [0, 0.1) is 12.8 Å². The van der Waals surface area contributed by atoms with Crippen molar-refractivity contribution in [3.8, 4) is 0 Å². The summed E-state index contributed by atoms with van der Waals surface area (Å²) in [5, 5.41) is 5.26. The Morgan fingerprint density at radius 1 is 1.39 bits per heavy atom. The van der Waals surface area contributed by atoms with Crippen LogP contribution in [-0.2, 0) is 0 Å². The number of rotatable bonds is 1. The number of thioether (sulfide) groups is 1. The lowest BCUT2D eigenvalue weighted by Gasteiger charge is -2.24. The third kappa shape index (κ3) is 2.52. The lowest BCUT2D eigenvalue weighted by atomic mass is 10.1. The molecule has 0 saturated heterocycles. The topological polar surface area (TPSA) is 24.4 Å². The second kappa shape index (κ2) is 5.14. The van der Waals surface area contributed by atoms with E-state index < -0.39 is 0 Å². The van der Waals surface area contributed by atoms with Gasteiger partial charge < -0.3 is 5.32 Å². The maximum atomic E-state index is 6.04. The third-order valence-corrected chi connectivity index (χ3v) is 5.09. The van der Waals surface area contributed by atoms with Gasteiger partial charge in [0.2, 0.25) is 0 Å². The molecule has 1 saturated carbocycles. The van der Waals surface area contributed by atoms with E-state index in [1.807, 2.05) is 30.0 Å². The van der Waals surface area contributed by atoms with Crippen LogP contribution in [0.2, 0.25) is 5.02 Å². The van der Waals surface area contributed by atoms with E-state index in [1.165, 1.54) is 30.6 Å². The van der Waals surface area contributed by atoms with Gasteiger partial charge in [0.25, 0.3) is 0 Å². The van der Waals surface area contributed by atoms with E-state index in [1.54, 1.807) is 0 Å². The largest absolute Gasteiger partial charge is 0.335 e. The number of hydrogen-bond acceptors (Lipinski definition) is 3. The van der Waals surface area contributed by atoms with Crippen LogP contribution in [0.3, 0.4) is 0 Å². The number of amidine groups is 1. The standard InChI is InChI=1S/C14H17ClN2S/c1-9-5-6-11(15)7-13(9)17-14-16-12-4-2-3-10(12)8-18-14/h5-7,10,12H,2-4,8H2,1H3,(H,16,17). The Hall–Kier alpha value is -0.670. The molecule has 1 heterocycles. The van der Waals surface area contributed by atoms with Gasteiger partial charge in [-0.1, -0.05) is 35.9 Å². The molecular weight excluding hydrogens is 264 g/mol. The molecule has 1 aliphatic carbocycles. The van der Waals surface area contributed by atoms with Gasteiger partial charge in [0, 0.05) is 16.5 Å². The number of nitrogens with zero attached hydrogens (tertiary/aromatic N) is 1. The zero-order valence-electron chi connectivity index (χ0n) is 10.4. The number of hydrogen-bond donors (Lipinski definition) is 1. The van der Waals surface area contributed by atoms with E-state index in [0.29, 0.717) is 6.04 Å². The van der Waals surface area contributed by atoms with Gasteiger partial charge in [-0.2, -0.15) is 0 Å². The number of benzene rings is 1. The second-order valence-corrected chi connectivity index (χ2v) is 6.53. The average molecular weight is 281 g/mol.